The van der Waals surface area contributed by atoms with Crippen LogP contribution >= 0.6 is 11.8 Å². The molecule has 1 heterocycles. The Hall–Kier alpha value is -0.550. The van der Waals surface area contributed by atoms with Crippen molar-refractivity contribution in [2.45, 2.75) is 37.2 Å². The van der Waals surface area contributed by atoms with E-state index in [2.05, 4.69) is 17.1 Å². The molecular formula is C8H15N3OS. The lowest BCUT2D eigenvalue weighted by atomic mass is 10.2. The number of aromatic nitrogens is 2. The van der Waals surface area contributed by atoms with Gasteiger partial charge in [-0.2, -0.15) is 0 Å². The monoisotopic (exact) mass is 201 g/mol. The van der Waals surface area contributed by atoms with Gasteiger partial charge in [0.15, 0.2) is 0 Å². The summed E-state index contributed by atoms with van der Waals surface area (Å²) in [6.45, 7) is 4.64. The second-order valence-corrected chi connectivity index (χ2v) is 4.06. The molecule has 1 aromatic heterocycles. The van der Waals surface area contributed by atoms with Crippen molar-refractivity contribution in [3.8, 4) is 0 Å². The summed E-state index contributed by atoms with van der Waals surface area (Å²) in [5, 5.41) is 8.83. The topological polar surface area (TPSA) is 64.9 Å². The van der Waals surface area contributed by atoms with Crippen LogP contribution in [0.1, 0.15) is 25.7 Å². The highest BCUT2D eigenvalue weighted by molar-refractivity contribution is 7.99. The maximum Gasteiger partial charge on any atom is 0.276 e. The van der Waals surface area contributed by atoms with Crippen molar-refractivity contribution < 1.29 is 4.42 Å². The summed E-state index contributed by atoms with van der Waals surface area (Å²) in [7, 11) is 0. The lowest BCUT2D eigenvalue weighted by molar-refractivity contribution is 0.428. The van der Waals surface area contributed by atoms with Crippen LogP contribution in [0.4, 0.5) is 0 Å². The van der Waals surface area contributed by atoms with Gasteiger partial charge >= 0.3 is 0 Å². The number of hydrogen-bond donors (Lipinski definition) is 1. The zero-order chi connectivity index (χ0) is 9.68. The number of aryl methyl sites for hydroxylation is 1. The number of rotatable bonds is 5. The fourth-order valence-electron chi connectivity index (χ4n) is 1.00. The minimum Gasteiger partial charge on any atom is -0.416 e. The molecule has 0 spiro atoms. The molecule has 1 atom stereocenters. The Morgan fingerprint density at radius 1 is 1.54 bits per heavy atom. The van der Waals surface area contributed by atoms with Gasteiger partial charge in [-0.3, -0.25) is 0 Å². The summed E-state index contributed by atoms with van der Waals surface area (Å²) in [6.07, 6.45) is 2.06. The van der Waals surface area contributed by atoms with Crippen LogP contribution in [0.3, 0.4) is 0 Å². The van der Waals surface area contributed by atoms with Crippen molar-refractivity contribution in [3.05, 3.63) is 5.89 Å². The predicted octanol–water partition coefficient (Wildman–Crippen LogP) is 1.60. The van der Waals surface area contributed by atoms with E-state index in [9.17, 15) is 0 Å². The average molecular weight is 201 g/mol. The highest BCUT2D eigenvalue weighted by Gasteiger charge is 2.11. The standard InChI is InChI=1S/C8H15N3OS/c1-3-7(4-5-9)13-8-11-10-6(2)12-8/h7H,3-5,9H2,1-2H3. The summed E-state index contributed by atoms with van der Waals surface area (Å²) in [4.78, 5) is 0. The van der Waals surface area contributed by atoms with Crippen LogP contribution < -0.4 is 5.73 Å². The summed E-state index contributed by atoms with van der Waals surface area (Å²) in [5.74, 6) is 0.616. The van der Waals surface area contributed by atoms with Crippen LogP contribution in [0.15, 0.2) is 9.64 Å². The molecule has 0 fully saturated rings. The number of thioether (sulfide) groups is 1. The summed E-state index contributed by atoms with van der Waals surface area (Å²) < 4.78 is 5.26. The first-order valence-corrected chi connectivity index (χ1v) is 5.31. The molecule has 13 heavy (non-hydrogen) atoms. The van der Waals surface area contributed by atoms with E-state index in [1.165, 1.54) is 0 Å². The molecule has 0 radical (unpaired) electrons. The van der Waals surface area contributed by atoms with Gasteiger partial charge in [0.2, 0.25) is 5.89 Å². The first kappa shape index (κ1) is 10.5. The molecule has 0 amide bonds. The van der Waals surface area contributed by atoms with E-state index < -0.39 is 0 Å². The Kier molecular flexibility index (Phi) is 4.24. The Morgan fingerprint density at radius 3 is 2.77 bits per heavy atom. The van der Waals surface area contributed by atoms with Crippen LogP contribution in [0, 0.1) is 6.92 Å². The summed E-state index contributed by atoms with van der Waals surface area (Å²) >= 11 is 1.61. The lowest BCUT2D eigenvalue weighted by Gasteiger charge is -2.08. The van der Waals surface area contributed by atoms with Crippen molar-refractivity contribution >= 4 is 11.8 Å². The van der Waals surface area contributed by atoms with Gasteiger partial charge < -0.3 is 10.2 Å². The molecule has 0 aliphatic carbocycles. The predicted molar refractivity (Wildman–Crippen MR) is 52.6 cm³/mol. The van der Waals surface area contributed by atoms with Crippen molar-refractivity contribution in [1.29, 1.82) is 0 Å². The highest BCUT2D eigenvalue weighted by Crippen LogP contribution is 2.25. The molecule has 5 heteroatoms. The van der Waals surface area contributed by atoms with Gasteiger partial charge in [0, 0.05) is 12.2 Å². The maximum absolute atomic E-state index is 5.48. The largest absolute Gasteiger partial charge is 0.416 e. The Morgan fingerprint density at radius 2 is 2.31 bits per heavy atom. The quantitative estimate of drug-likeness (QED) is 0.733. The molecule has 0 saturated carbocycles. The third-order valence-corrected chi connectivity index (χ3v) is 2.99. The van der Waals surface area contributed by atoms with Gasteiger partial charge in [-0.25, -0.2) is 0 Å². The number of hydrogen-bond acceptors (Lipinski definition) is 5. The molecule has 0 aliphatic heterocycles. The van der Waals surface area contributed by atoms with E-state index in [0.717, 1.165) is 12.8 Å². The molecule has 0 aromatic carbocycles. The van der Waals surface area contributed by atoms with Crippen LogP contribution in [0.2, 0.25) is 0 Å². The third kappa shape index (κ3) is 3.36. The smallest absolute Gasteiger partial charge is 0.276 e. The first-order chi connectivity index (χ1) is 6.26. The fourth-order valence-corrected chi connectivity index (χ4v) is 1.96. The van der Waals surface area contributed by atoms with Crippen molar-refractivity contribution in [1.82, 2.24) is 10.2 Å². The Bertz CT molecular complexity index is 251. The Labute approximate surface area is 82.3 Å². The highest BCUT2D eigenvalue weighted by atomic mass is 32.2. The molecule has 1 unspecified atom stereocenters. The van der Waals surface area contributed by atoms with Crippen LogP contribution in [-0.4, -0.2) is 22.0 Å². The molecule has 74 valence electrons. The molecule has 2 N–H and O–H groups in total. The second kappa shape index (κ2) is 5.24. The Balaban J connectivity index is 2.46. The van der Waals surface area contributed by atoms with Gasteiger partial charge in [-0.1, -0.05) is 18.7 Å². The van der Waals surface area contributed by atoms with Gasteiger partial charge in [0.05, 0.1) is 0 Å². The SMILES string of the molecule is CCC(CCN)Sc1nnc(C)o1. The first-order valence-electron chi connectivity index (χ1n) is 4.43. The van der Waals surface area contributed by atoms with E-state index in [4.69, 9.17) is 10.2 Å². The average Bonchev–Trinajstić information content (AvgIpc) is 2.50. The number of nitrogens with zero attached hydrogens (tertiary/aromatic N) is 2. The van der Waals surface area contributed by atoms with Crippen LogP contribution in [0.5, 0.6) is 0 Å². The van der Waals surface area contributed by atoms with Gasteiger partial charge in [-0.15, -0.1) is 10.2 Å². The van der Waals surface area contributed by atoms with E-state index >= 15 is 0 Å². The van der Waals surface area contributed by atoms with Crippen molar-refractivity contribution in [3.63, 3.8) is 0 Å². The van der Waals surface area contributed by atoms with Crippen LogP contribution in [-0.2, 0) is 0 Å². The molecular weight excluding hydrogens is 186 g/mol. The minimum atomic E-state index is 0.491. The summed E-state index contributed by atoms with van der Waals surface area (Å²) in [5.41, 5.74) is 5.48. The zero-order valence-electron chi connectivity index (χ0n) is 7.99. The van der Waals surface area contributed by atoms with Crippen molar-refractivity contribution in [2.75, 3.05) is 6.54 Å². The minimum absolute atomic E-state index is 0.491. The van der Waals surface area contributed by atoms with E-state index in [1.807, 2.05) is 0 Å². The second-order valence-electron chi connectivity index (χ2n) is 2.81. The lowest BCUT2D eigenvalue weighted by Crippen LogP contribution is -2.09. The number of nitrogens with two attached hydrogens (primary N) is 1. The van der Waals surface area contributed by atoms with Gasteiger partial charge in [0.1, 0.15) is 0 Å². The zero-order valence-corrected chi connectivity index (χ0v) is 8.80. The van der Waals surface area contributed by atoms with Crippen molar-refractivity contribution in [2.24, 2.45) is 5.73 Å². The maximum atomic E-state index is 5.48. The molecule has 0 aliphatic rings. The van der Waals surface area contributed by atoms with Gasteiger partial charge in [-0.05, 0) is 19.4 Å². The molecule has 0 bridgehead atoms. The van der Waals surface area contributed by atoms with Gasteiger partial charge in [0.25, 0.3) is 5.22 Å². The molecule has 1 rings (SSSR count). The van der Waals surface area contributed by atoms with E-state index in [1.54, 1.807) is 18.7 Å². The summed E-state index contributed by atoms with van der Waals surface area (Å²) in [6, 6.07) is 0. The molecule has 1 aromatic rings. The van der Waals surface area contributed by atoms with E-state index in [-0.39, 0.29) is 0 Å². The molecule has 0 saturated heterocycles. The van der Waals surface area contributed by atoms with Crippen LogP contribution in [0.25, 0.3) is 0 Å². The third-order valence-electron chi connectivity index (χ3n) is 1.72. The van der Waals surface area contributed by atoms with E-state index in [0.29, 0.717) is 22.9 Å². The normalized spacial score (nSPS) is 13.2. The fraction of sp³-hybridized carbons (Fsp3) is 0.750. The molecule has 4 nitrogen and oxygen atoms in total.